The van der Waals surface area contributed by atoms with Crippen LogP contribution in [-0.2, 0) is 16.7 Å². The van der Waals surface area contributed by atoms with Crippen molar-refractivity contribution in [3.05, 3.63) is 77.9 Å². The zero-order chi connectivity index (χ0) is 32.8. The molecule has 2 fully saturated rings. The Balaban J connectivity index is 0.00000451. The number of methoxy groups -OCH3 is 2. The van der Waals surface area contributed by atoms with Crippen molar-refractivity contribution < 1.29 is 24.1 Å². The molecule has 1 unspecified atom stereocenters. The van der Waals surface area contributed by atoms with Gasteiger partial charge in [0.2, 0.25) is 11.7 Å². The van der Waals surface area contributed by atoms with Crippen LogP contribution >= 0.6 is 12.4 Å². The van der Waals surface area contributed by atoms with E-state index in [1.807, 2.05) is 11.8 Å². The van der Waals surface area contributed by atoms with Gasteiger partial charge in [0.05, 0.1) is 31.9 Å². The third-order valence-electron chi connectivity index (χ3n) is 9.83. The Labute approximate surface area is 289 Å². The lowest BCUT2D eigenvalue weighted by atomic mass is 9.76. The number of para-hydroxylation sites is 2. The normalized spacial score (nSPS) is 18.5. The first kappa shape index (κ1) is 35.3. The molecular weight excluding hydrogens is 630 g/mol. The Morgan fingerprint density at radius 2 is 1.65 bits per heavy atom. The summed E-state index contributed by atoms with van der Waals surface area (Å²) in [6.45, 7) is 10.3. The number of rotatable bonds is 12. The number of hydrogen-bond acceptors (Lipinski definition) is 8. The Morgan fingerprint density at radius 3 is 2.38 bits per heavy atom. The van der Waals surface area contributed by atoms with Gasteiger partial charge in [0.1, 0.15) is 0 Å². The monoisotopic (exact) mass is 677 g/mol. The van der Waals surface area contributed by atoms with Gasteiger partial charge in [-0.05, 0) is 69.1 Å². The molecular formula is C37H48ClN5O5. The quantitative estimate of drug-likeness (QED) is 0.194. The first-order valence-corrected chi connectivity index (χ1v) is 16.8. The number of hydrogen-bond donors (Lipinski definition) is 1. The lowest BCUT2D eigenvalue weighted by Gasteiger charge is -2.33. The molecule has 258 valence electrons. The Bertz CT molecular complexity index is 1640. The van der Waals surface area contributed by atoms with E-state index in [0.717, 1.165) is 75.5 Å². The highest BCUT2D eigenvalue weighted by atomic mass is 35.5. The number of benzene rings is 3. The van der Waals surface area contributed by atoms with Crippen molar-refractivity contribution in [2.24, 2.45) is 0 Å². The van der Waals surface area contributed by atoms with E-state index in [0.29, 0.717) is 31.9 Å². The summed E-state index contributed by atoms with van der Waals surface area (Å²) in [5.41, 5.74) is 3.74. The van der Waals surface area contributed by atoms with E-state index in [9.17, 15) is 9.90 Å². The number of aromatic hydroxyl groups is 1. The molecule has 1 aromatic heterocycles. The average Bonchev–Trinajstić information content (AvgIpc) is 3.63. The third kappa shape index (κ3) is 7.36. The number of phenolic OH excluding ortho intramolecular Hbond substituents is 1. The first-order chi connectivity index (χ1) is 23.0. The molecule has 0 aliphatic carbocycles. The zero-order valence-electron chi connectivity index (χ0n) is 28.3. The lowest BCUT2D eigenvalue weighted by Crippen LogP contribution is -2.39. The highest BCUT2D eigenvalue weighted by Crippen LogP contribution is 2.41. The summed E-state index contributed by atoms with van der Waals surface area (Å²) in [4.78, 5) is 25.8. The first-order valence-electron chi connectivity index (χ1n) is 16.8. The van der Waals surface area contributed by atoms with Crippen LogP contribution in [0, 0.1) is 0 Å². The van der Waals surface area contributed by atoms with Crippen LogP contribution in [0.4, 0.5) is 5.95 Å². The Morgan fingerprint density at radius 1 is 0.917 bits per heavy atom. The molecule has 2 saturated heterocycles. The number of carbonyl (C=O) groups is 1. The number of aromatic nitrogens is 2. The second kappa shape index (κ2) is 15.9. The smallest absolute Gasteiger partial charge is 0.254 e. The number of ether oxygens (including phenoxy) is 3. The summed E-state index contributed by atoms with van der Waals surface area (Å²) in [5, 5.41) is 10.4. The fraction of sp³-hybridized carbons (Fsp3) is 0.459. The van der Waals surface area contributed by atoms with E-state index in [1.165, 1.54) is 19.8 Å². The van der Waals surface area contributed by atoms with Gasteiger partial charge in [0.15, 0.2) is 11.5 Å². The summed E-state index contributed by atoms with van der Waals surface area (Å²) >= 11 is 0. The van der Waals surface area contributed by atoms with E-state index in [-0.39, 0.29) is 41.0 Å². The van der Waals surface area contributed by atoms with Crippen molar-refractivity contribution in [2.75, 3.05) is 78.1 Å². The summed E-state index contributed by atoms with van der Waals surface area (Å²) in [6.07, 6.45) is 2.90. The van der Waals surface area contributed by atoms with Gasteiger partial charge < -0.3 is 38.6 Å². The van der Waals surface area contributed by atoms with Crippen LogP contribution in [0.2, 0.25) is 0 Å². The molecule has 1 amide bonds. The summed E-state index contributed by atoms with van der Waals surface area (Å²) in [7, 11) is 2.94. The molecule has 1 N–H and O–H groups in total. The average molecular weight is 678 g/mol. The van der Waals surface area contributed by atoms with Crippen LogP contribution in [0.1, 0.15) is 42.1 Å². The molecule has 4 aromatic rings. The maximum Gasteiger partial charge on any atom is 0.254 e. The fourth-order valence-electron chi connectivity index (χ4n) is 7.21. The van der Waals surface area contributed by atoms with Gasteiger partial charge in [-0.15, -0.1) is 12.4 Å². The van der Waals surface area contributed by atoms with Gasteiger partial charge in [-0.25, -0.2) is 4.98 Å². The van der Waals surface area contributed by atoms with Crippen LogP contribution in [0.25, 0.3) is 11.0 Å². The van der Waals surface area contributed by atoms with Gasteiger partial charge >= 0.3 is 0 Å². The van der Waals surface area contributed by atoms with Crippen molar-refractivity contribution in [3.63, 3.8) is 0 Å². The maximum atomic E-state index is 13.8. The maximum absolute atomic E-state index is 13.8. The molecule has 2 aliphatic heterocycles. The number of halogens is 1. The van der Waals surface area contributed by atoms with E-state index in [4.69, 9.17) is 19.2 Å². The van der Waals surface area contributed by atoms with Crippen LogP contribution in [0.15, 0.2) is 66.7 Å². The zero-order valence-corrected chi connectivity index (χ0v) is 29.1. The molecule has 0 spiro atoms. The Hall–Kier alpha value is -3.99. The second-order valence-electron chi connectivity index (χ2n) is 12.5. The molecule has 2 aliphatic rings. The molecule has 3 aromatic carbocycles. The molecule has 0 bridgehead atoms. The number of nitrogens with zero attached hydrogens (tertiary/aromatic N) is 5. The summed E-state index contributed by atoms with van der Waals surface area (Å²) < 4.78 is 18.7. The number of imidazole rings is 1. The van der Waals surface area contributed by atoms with Crippen LogP contribution < -0.4 is 14.4 Å². The van der Waals surface area contributed by atoms with Gasteiger partial charge in [-0.2, -0.15) is 0 Å². The van der Waals surface area contributed by atoms with E-state index < -0.39 is 0 Å². The van der Waals surface area contributed by atoms with Crippen molar-refractivity contribution >= 4 is 35.3 Å². The van der Waals surface area contributed by atoms with Gasteiger partial charge in [-0.1, -0.05) is 42.5 Å². The van der Waals surface area contributed by atoms with E-state index in [2.05, 4.69) is 69.0 Å². The number of likely N-dealkylation sites (tertiary alicyclic amines) is 1. The third-order valence-corrected chi connectivity index (χ3v) is 9.83. The standard InChI is InChI=1S/C37H47N5O5.ClH/c1-4-47-24-23-42-31-14-9-8-13-30(31)38-36(42)40-18-10-17-39(21-22-40)19-15-37(29-11-6-5-7-12-29)16-20-41(27-37)35(44)28-25-32(45-2)34(43)33(26-28)46-3;/h5-9,11-14,25-26,43H,4,10,15-24,27H2,1-3H3;1H. The predicted molar refractivity (Wildman–Crippen MR) is 191 cm³/mol. The lowest BCUT2D eigenvalue weighted by molar-refractivity contribution is 0.0780. The SMILES string of the molecule is CCOCCn1c(N2CCCN(CCC3(c4ccccc4)CCN(C(=O)c4cc(OC)c(O)c(OC)c4)C3)CC2)nc2ccccc21.Cl. The van der Waals surface area contributed by atoms with Gasteiger partial charge in [0, 0.05) is 56.9 Å². The van der Waals surface area contributed by atoms with E-state index in [1.54, 1.807) is 12.1 Å². The van der Waals surface area contributed by atoms with Crippen molar-refractivity contribution in [2.45, 2.75) is 38.1 Å². The molecule has 0 radical (unpaired) electrons. The van der Waals surface area contributed by atoms with Crippen molar-refractivity contribution in [1.82, 2.24) is 19.4 Å². The Kier molecular flexibility index (Phi) is 11.7. The minimum atomic E-state index is -0.152. The van der Waals surface area contributed by atoms with Crippen LogP contribution in [0.3, 0.4) is 0 Å². The summed E-state index contributed by atoms with van der Waals surface area (Å²) in [6, 6.07) is 22.2. The van der Waals surface area contributed by atoms with E-state index >= 15 is 0 Å². The second-order valence-corrected chi connectivity index (χ2v) is 12.5. The number of anilines is 1. The van der Waals surface area contributed by atoms with Crippen molar-refractivity contribution in [3.8, 4) is 17.2 Å². The topological polar surface area (TPSA) is 92.5 Å². The fourth-order valence-corrected chi connectivity index (χ4v) is 7.21. The molecule has 1 atom stereocenters. The molecule has 48 heavy (non-hydrogen) atoms. The minimum absolute atomic E-state index is 0. The summed E-state index contributed by atoms with van der Waals surface area (Å²) in [5.74, 6) is 1.28. The van der Waals surface area contributed by atoms with Crippen LogP contribution in [0.5, 0.6) is 17.2 Å². The largest absolute Gasteiger partial charge is 0.502 e. The number of fused-ring (bicyclic) bond motifs is 1. The highest BCUT2D eigenvalue weighted by Gasteiger charge is 2.42. The van der Waals surface area contributed by atoms with Crippen LogP contribution in [-0.4, -0.2) is 104 Å². The minimum Gasteiger partial charge on any atom is -0.502 e. The highest BCUT2D eigenvalue weighted by molar-refractivity contribution is 5.96. The molecule has 3 heterocycles. The van der Waals surface area contributed by atoms with Crippen molar-refractivity contribution in [1.29, 1.82) is 0 Å². The molecule has 0 saturated carbocycles. The molecule has 6 rings (SSSR count). The predicted octanol–water partition coefficient (Wildman–Crippen LogP) is 5.60. The van der Waals surface area contributed by atoms with Gasteiger partial charge in [-0.3, -0.25) is 4.79 Å². The number of amides is 1. The number of phenols is 1. The molecule has 11 heteroatoms. The number of carbonyl (C=O) groups excluding carboxylic acids is 1. The molecule has 10 nitrogen and oxygen atoms in total. The van der Waals surface area contributed by atoms with Gasteiger partial charge in [0.25, 0.3) is 5.91 Å².